The lowest BCUT2D eigenvalue weighted by Gasteiger charge is -2.39. The lowest BCUT2D eigenvalue weighted by atomic mass is 9.70. The number of carbonyl (C=O) groups excluding carboxylic acids is 4. The van der Waals surface area contributed by atoms with Crippen molar-refractivity contribution in [1.29, 1.82) is 0 Å². The van der Waals surface area contributed by atoms with Crippen LogP contribution < -0.4 is 0 Å². The number of carbonyl (C=O) groups is 4. The van der Waals surface area contributed by atoms with E-state index < -0.39 is 23.2 Å². The van der Waals surface area contributed by atoms with E-state index in [4.69, 9.17) is 28.8 Å². The summed E-state index contributed by atoms with van der Waals surface area (Å²) < 4.78 is 21.3. The van der Waals surface area contributed by atoms with E-state index >= 15 is 0 Å². The summed E-state index contributed by atoms with van der Waals surface area (Å²) in [5.74, 6) is 6.40. The quantitative estimate of drug-likeness (QED) is 0.0894. The van der Waals surface area contributed by atoms with Crippen LogP contribution in [0.15, 0.2) is 12.5 Å². The molecule has 0 spiro atoms. The van der Waals surface area contributed by atoms with Crippen LogP contribution in [0.1, 0.15) is 151 Å². The number of fused-ring (bicyclic) bond motifs is 14. The van der Waals surface area contributed by atoms with Crippen LogP contribution in [-0.4, -0.2) is 68.4 Å². The van der Waals surface area contributed by atoms with E-state index in [9.17, 15) is 19.5 Å². The van der Waals surface area contributed by atoms with Gasteiger partial charge in [-0.1, -0.05) is 58.4 Å². The van der Waals surface area contributed by atoms with Gasteiger partial charge in [0.05, 0.1) is 37.6 Å². The number of aliphatic hydroxyl groups is 2. The van der Waals surface area contributed by atoms with Crippen molar-refractivity contribution in [3.63, 3.8) is 0 Å². The molecule has 0 aliphatic heterocycles. The van der Waals surface area contributed by atoms with Gasteiger partial charge in [0.2, 0.25) is 0 Å². The molecule has 10 heteroatoms. The van der Waals surface area contributed by atoms with E-state index in [0.717, 1.165) is 61.4 Å². The molecule has 7 rings (SSSR count). The third kappa shape index (κ3) is 12.1. The Morgan fingerprint density at radius 1 is 0.719 bits per heavy atom. The van der Waals surface area contributed by atoms with Crippen LogP contribution in [0.4, 0.5) is 0 Å². The zero-order chi connectivity index (χ0) is 37.8. The van der Waals surface area contributed by atoms with Gasteiger partial charge in [-0.3, -0.25) is 14.4 Å². The fourth-order valence-electron chi connectivity index (χ4n) is 12.5. The Labute approximate surface area is 351 Å². The Hall–Kier alpha value is -2.46. The van der Waals surface area contributed by atoms with Crippen LogP contribution in [-0.2, 0) is 38.1 Å². The number of aliphatic hydroxyl groups excluding tert-OH is 2. The lowest BCUT2D eigenvalue weighted by molar-refractivity contribution is -0.164. The maximum atomic E-state index is 13.6. The monoisotopic (exact) mass is 817 g/mol. The average molecular weight is 817 g/mol. The van der Waals surface area contributed by atoms with Gasteiger partial charge in [0.15, 0.2) is 0 Å². The summed E-state index contributed by atoms with van der Waals surface area (Å²) >= 11 is 0. The topological polar surface area (TPSA) is 146 Å². The molecule has 340 valence electrons. The third-order valence-electron chi connectivity index (χ3n) is 14.5. The van der Waals surface area contributed by atoms with Gasteiger partial charge in [-0.15, -0.1) is 0 Å². The Morgan fingerprint density at radius 2 is 1.25 bits per heavy atom. The third-order valence-corrected chi connectivity index (χ3v) is 14.5. The van der Waals surface area contributed by atoms with E-state index in [1.54, 1.807) is 13.8 Å². The zero-order valence-electron chi connectivity index (χ0n) is 32.2. The van der Waals surface area contributed by atoms with E-state index in [2.05, 4.69) is 13.5 Å². The first kappa shape index (κ1) is 58.9. The van der Waals surface area contributed by atoms with E-state index in [0.29, 0.717) is 30.1 Å². The Bertz CT molecular complexity index is 1220. The predicted octanol–water partition coefficient (Wildman–Crippen LogP) is 10.4. The minimum Gasteiger partial charge on any atom is -0.469 e. The first-order chi connectivity index (χ1) is 24.4. The maximum absolute atomic E-state index is 13.6. The summed E-state index contributed by atoms with van der Waals surface area (Å²) in [5, 5.41) is 16.8. The number of hydrogen-bond donors (Lipinski definition) is 2. The van der Waals surface area contributed by atoms with Crippen molar-refractivity contribution in [2.45, 2.75) is 162 Å². The summed E-state index contributed by atoms with van der Waals surface area (Å²) in [6.07, 6.45) is 12.7. The van der Waals surface area contributed by atoms with Gasteiger partial charge >= 0.3 is 17.9 Å². The van der Waals surface area contributed by atoms with Crippen molar-refractivity contribution < 1.29 is 49.8 Å². The second-order valence-electron chi connectivity index (χ2n) is 17.2. The highest BCUT2D eigenvalue weighted by molar-refractivity contribution is 5.79. The van der Waals surface area contributed by atoms with Crippen LogP contribution >= 0.6 is 0 Å². The van der Waals surface area contributed by atoms with Crippen LogP contribution in [0.2, 0.25) is 0 Å². The molecule has 7 aliphatic carbocycles. The fraction of sp³-hybridized carbons (Fsp3) is 0.872. The molecule has 0 aromatic carbocycles. The van der Waals surface area contributed by atoms with Gasteiger partial charge in [-0.2, -0.15) is 0 Å². The SMILES string of the molecule is C.C.C.C.C.C.C=C(OC)OC(=O)C(CC)CC(CC(C)(C)C(=O)OC)C(=O)OC1CC2CC1C1C3CCC(C3)C21.C=O.CC1C(O)CC2C3CCC(C3)C12.CO.[HH]. The normalized spacial score (nSPS) is 34.3. The molecular weight excluding hydrogens is 725 g/mol. The molecule has 2 N–H and O–H groups in total. The molecule has 7 saturated carbocycles. The minimum atomic E-state index is -0.888. The average Bonchev–Trinajstić information content (AvgIpc) is 4.00. The smallest absolute Gasteiger partial charge is 0.316 e. The first-order valence-electron chi connectivity index (χ1n) is 19.5. The molecule has 0 amide bonds. The largest absolute Gasteiger partial charge is 0.469 e. The Kier molecular flexibility index (Phi) is 26.0. The van der Waals surface area contributed by atoms with Gasteiger partial charge in [0, 0.05) is 8.54 Å². The highest BCUT2D eigenvalue weighted by Crippen LogP contribution is 2.68. The summed E-state index contributed by atoms with van der Waals surface area (Å²) in [7, 11) is 3.73. The van der Waals surface area contributed by atoms with Gasteiger partial charge in [0.1, 0.15) is 12.9 Å². The summed E-state index contributed by atoms with van der Waals surface area (Å²) in [6, 6.07) is 0. The molecule has 57 heavy (non-hydrogen) atoms. The fourth-order valence-corrected chi connectivity index (χ4v) is 12.5. The molecule has 0 saturated heterocycles. The lowest BCUT2D eigenvalue weighted by Crippen LogP contribution is -2.40. The van der Waals surface area contributed by atoms with Gasteiger partial charge < -0.3 is 34.0 Å². The van der Waals surface area contributed by atoms with Gasteiger partial charge in [0.25, 0.3) is 5.95 Å². The summed E-state index contributed by atoms with van der Waals surface area (Å²) in [5.41, 5.74) is -0.888. The number of esters is 3. The Morgan fingerprint density at radius 3 is 1.77 bits per heavy atom. The highest BCUT2D eigenvalue weighted by Gasteiger charge is 2.63. The van der Waals surface area contributed by atoms with Crippen molar-refractivity contribution in [3.8, 4) is 0 Å². The van der Waals surface area contributed by atoms with E-state index in [1.165, 1.54) is 59.2 Å². The number of hydrogen-bond acceptors (Lipinski definition) is 10. The highest BCUT2D eigenvalue weighted by atomic mass is 16.7. The molecule has 0 aromatic rings. The molecular formula is C47H92O10. The van der Waals surface area contributed by atoms with Gasteiger partial charge in [-0.05, 0) is 163 Å². The van der Waals surface area contributed by atoms with E-state index in [1.807, 2.05) is 13.7 Å². The molecule has 15 atom stereocenters. The van der Waals surface area contributed by atoms with Crippen LogP contribution in [0.5, 0.6) is 0 Å². The maximum Gasteiger partial charge on any atom is 0.316 e. The molecule has 0 heterocycles. The molecule has 15 unspecified atom stereocenters. The van der Waals surface area contributed by atoms with Crippen molar-refractivity contribution >= 4 is 24.7 Å². The molecule has 10 nitrogen and oxygen atoms in total. The first-order valence-corrected chi connectivity index (χ1v) is 19.5. The number of methoxy groups -OCH3 is 2. The molecule has 6 bridgehead atoms. The van der Waals surface area contributed by atoms with Gasteiger partial charge in [-0.25, -0.2) is 0 Å². The van der Waals surface area contributed by atoms with Crippen LogP contribution in [0.3, 0.4) is 0 Å². The van der Waals surface area contributed by atoms with Crippen molar-refractivity contribution in [2.24, 2.45) is 82.3 Å². The second kappa shape index (κ2) is 25.2. The molecule has 7 fully saturated rings. The number of rotatable bonds is 11. The van der Waals surface area contributed by atoms with Crippen LogP contribution in [0.25, 0.3) is 0 Å². The molecule has 0 radical (unpaired) electrons. The number of ether oxygens (including phenoxy) is 4. The van der Waals surface area contributed by atoms with Crippen molar-refractivity contribution in [2.75, 3.05) is 21.3 Å². The summed E-state index contributed by atoms with van der Waals surface area (Å²) in [4.78, 5) is 46.7. The second-order valence-corrected chi connectivity index (χ2v) is 17.2. The molecule has 0 aromatic heterocycles. The summed E-state index contributed by atoms with van der Waals surface area (Å²) in [6.45, 7) is 13.2. The van der Waals surface area contributed by atoms with Crippen molar-refractivity contribution in [3.05, 3.63) is 12.5 Å². The van der Waals surface area contributed by atoms with Crippen molar-refractivity contribution in [1.82, 2.24) is 0 Å². The van der Waals surface area contributed by atoms with E-state index in [-0.39, 0.29) is 88.9 Å². The predicted molar refractivity (Wildman–Crippen MR) is 234 cm³/mol. The Balaban J connectivity index is -0.000000538. The zero-order valence-corrected chi connectivity index (χ0v) is 32.2. The standard InChI is InChI=1S/C28H42O7.C11H18O.CH4O.CH2O.6CH4.H2/c1-7-16(25(29)34-15(2)32-5)10-20(14-28(3,4)27(31)33-6)26(30)35-22-13-19-12-21(22)24-18-9-8-17(11-18)23(19)24;1-6-10(12)5-9-7-2-3-8(4-7)11(6)9;2*1-2;;;;;;;/h16-24H,2,7-14H2,1,3-6H3;6-12H,2-5H2,1H3;2H,1H3;1H2;6*1H4;1H. The molecule has 7 aliphatic rings. The minimum absolute atomic E-state index is 0. The van der Waals surface area contributed by atoms with Crippen LogP contribution in [0, 0.1) is 82.3 Å².